The van der Waals surface area contributed by atoms with Gasteiger partial charge in [0.05, 0.1) is 6.54 Å². The lowest BCUT2D eigenvalue weighted by Gasteiger charge is -2.33. The molecule has 1 fully saturated rings. The maximum Gasteiger partial charge on any atom is 0.273 e. The van der Waals surface area contributed by atoms with Gasteiger partial charge in [0, 0.05) is 56.5 Å². The van der Waals surface area contributed by atoms with Crippen LogP contribution in [0.25, 0.3) is 0 Å². The lowest BCUT2D eigenvalue weighted by molar-refractivity contribution is -0.122. The molecule has 28 heavy (non-hydrogen) atoms. The first-order chi connectivity index (χ1) is 13.5. The Morgan fingerprint density at radius 1 is 1.25 bits per heavy atom. The zero-order chi connectivity index (χ0) is 19.9. The Bertz CT molecular complexity index is 787. The minimum absolute atomic E-state index is 0.0208. The van der Waals surface area contributed by atoms with Gasteiger partial charge in [0.2, 0.25) is 5.91 Å². The average Bonchev–Trinajstić information content (AvgIpc) is 3.15. The van der Waals surface area contributed by atoms with E-state index in [4.69, 9.17) is 0 Å². The topological polar surface area (TPSA) is 90.5 Å². The number of carbonyl (C=O) groups is 2. The number of nitrogens with zero attached hydrogens (tertiary/aromatic N) is 4. The van der Waals surface area contributed by atoms with Crippen molar-refractivity contribution in [1.82, 2.24) is 25.1 Å². The van der Waals surface area contributed by atoms with Crippen molar-refractivity contribution >= 4 is 28.3 Å². The van der Waals surface area contributed by atoms with Gasteiger partial charge in [0.15, 0.2) is 5.13 Å². The molecule has 1 aliphatic heterocycles. The summed E-state index contributed by atoms with van der Waals surface area (Å²) in [6.45, 7) is 7.42. The fraction of sp³-hybridized carbons (Fsp3) is 0.474. The molecule has 0 saturated carbocycles. The molecule has 2 aromatic heterocycles. The summed E-state index contributed by atoms with van der Waals surface area (Å²) in [4.78, 5) is 37.1. The van der Waals surface area contributed by atoms with E-state index in [1.807, 2.05) is 26.0 Å². The van der Waals surface area contributed by atoms with Gasteiger partial charge in [-0.1, -0.05) is 6.07 Å². The molecule has 2 N–H and O–H groups in total. The molecule has 1 saturated heterocycles. The van der Waals surface area contributed by atoms with Crippen LogP contribution in [0.1, 0.15) is 29.9 Å². The fourth-order valence-corrected chi connectivity index (χ4v) is 3.75. The zero-order valence-corrected chi connectivity index (χ0v) is 17.0. The summed E-state index contributed by atoms with van der Waals surface area (Å²) >= 11 is 1.45. The predicted molar refractivity (Wildman–Crippen MR) is 109 cm³/mol. The minimum atomic E-state index is -0.0475. The van der Waals surface area contributed by atoms with Crippen molar-refractivity contribution in [3.8, 4) is 0 Å². The van der Waals surface area contributed by atoms with E-state index in [9.17, 15) is 9.59 Å². The summed E-state index contributed by atoms with van der Waals surface area (Å²) in [5.74, 6) is -0.0683. The highest BCUT2D eigenvalue weighted by Crippen LogP contribution is 2.18. The monoisotopic (exact) mass is 402 g/mol. The van der Waals surface area contributed by atoms with Gasteiger partial charge in [-0.3, -0.25) is 19.5 Å². The number of hydrogen-bond donors (Lipinski definition) is 2. The van der Waals surface area contributed by atoms with Crippen LogP contribution in [0.2, 0.25) is 0 Å². The van der Waals surface area contributed by atoms with E-state index in [2.05, 4.69) is 25.5 Å². The van der Waals surface area contributed by atoms with Crippen LogP contribution < -0.4 is 10.6 Å². The molecule has 150 valence electrons. The first-order valence-corrected chi connectivity index (χ1v) is 10.3. The van der Waals surface area contributed by atoms with Crippen molar-refractivity contribution in [3.05, 3.63) is 41.2 Å². The summed E-state index contributed by atoms with van der Waals surface area (Å²) in [7, 11) is 0. The van der Waals surface area contributed by atoms with Crippen molar-refractivity contribution in [2.45, 2.75) is 26.4 Å². The summed E-state index contributed by atoms with van der Waals surface area (Å²) in [5, 5.41) is 8.69. The van der Waals surface area contributed by atoms with Gasteiger partial charge in [-0.2, -0.15) is 0 Å². The maximum absolute atomic E-state index is 12.6. The molecule has 0 radical (unpaired) electrons. The molecule has 0 atom stereocenters. The Hall–Kier alpha value is -2.52. The summed E-state index contributed by atoms with van der Waals surface area (Å²) in [6, 6.07) is 4.06. The fourth-order valence-electron chi connectivity index (χ4n) is 2.92. The Morgan fingerprint density at radius 2 is 2.04 bits per heavy atom. The minimum Gasteiger partial charge on any atom is -0.359 e. The second-order valence-electron chi connectivity index (χ2n) is 7.04. The Labute approximate surface area is 169 Å². The van der Waals surface area contributed by atoms with E-state index < -0.39 is 0 Å². The molecule has 3 heterocycles. The highest BCUT2D eigenvalue weighted by molar-refractivity contribution is 7.13. The molecule has 2 amide bonds. The Kier molecular flexibility index (Phi) is 6.94. The Morgan fingerprint density at radius 3 is 2.71 bits per heavy atom. The molecule has 1 aliphatic rings. The normalized spacial score (nSPS) is 14.9. The number of hydrogen-bond acceptors (Lipinski definition) is 7. The molecule has 8 nitrogen and oxygen atoms in total. The van der Waals surface area contributed by atoms with Crippen LogP contribution in [0.15, 0.2) is 29.9 Å². The molecule has 2 aromatic rings. The van der Waals surface area contributed by atoms with Gasteiger partial charge in [-0.15, -0.1) is 11.3 Å². The molecule has 3 rings (SSSR count). The highest BCUT2D eigenvalue weighted by atomic mass is 32.1. The van der Waals surface area contributed by atoms with Crippen LogP contribution >= 0.6 is 11.3 Å². The van der Waals surface area contributed by atoms with Gasteiger partial charge >= 0.3 is 0 Å². The molecule has 0 bridgehead atoms. The number of piperazine rings is 1. The van der Waals surface area contributed by atoms with E-state index in [0.717, 1.165) is 10.7 Å². The predicted octanol–water partition coefficient (Wildman–Crippen LogP) is 1.43. The summed E-state index contributed by atoms with van der Waals surface area (Å²) in [6.07, 6.45) is 3.45. The van der Waals surface area contributed by atoms with Crippen LogP contribution in [0.5, 0.6) is 0 Å². The highest BCUT2D eigenvalue weighted by Gasteiger charge is 2.24. The number of thiazole rings is 1. The largest absolute Gasteiger partial charge is 0.359 e. The van der Waals surface area contributed by atoms with Gasteiger partial charge in [0.25, 0.3) is 5.91 Å². The standard InChI is InChI=1S/C19H26N6O2S/c1-14(2)22-19-23-16(13-28-19)18(27)25-8-6-24(7-9-25)12-17(26)21-11-15-4-3-5-20-10-15/h3-5,10,13-14H,6-9,11-12H2,1-2H3,(H,21,26)(H,22,23). The van der Waals surface area contributed by atoms with Crippen LogP contribution in [0.4, 0.5) is 5.13 Å². The van der Waals surface area contributed by atoms with Crippen molar-refractivity contribution in [1.29, 1.82) is 0 Å². The van der Waals surface area contributed by atoms with Gasteiger partial charge in [0.1, 0.15) is 5.69 Å². The molecule has 0 spiro atoms. The third-order valence-corrected chi connectivity index (χ3v) is 5.15. The molecular weight excluding hydrogens is 376 g/mol. The van der Waals surface area contributed by atoms with Crippen molar-refractivity contribution in [3.63, 3.8) is 0 Å². The molecule has 9 heteroatoms. The average molecular weight is 403 g/mol. The number of anilines is 1. The second kappa shape index (κ2) is 9.61. The van der Waals surface area contributed by atoms with Crippen molar-refractivity contribution in [2.75, 3.05) is 38.0 Å². The van der Waals surface area contributed by atoms with E-state index in [1.54, 1.807) is 22.7 Å². The number of rotatable bonds is 7. The van der Waals surface area contributed by atoms with Crippen LogP contribution in [-0.4, -0.2) is 70.3 Å². The number of pyridine rings is 1. The van der Waals surface area contributed by atoms with E-state index in [-0.39, 0.29) is 17.9 Å². The third kappa shape index (κ3) is 5.74. The molecular formula is C19H26N6O2S. The van der Waals surface area contributed by atoms with Crippen LogP contribution in [0, 0.1) is 0 Å². The van der Waals surface area contributed by atoms with Crippen LogP contribution in [0.3, 0.4) is 0 Å². The smallest absolute Gasteiger partial charge is 0.273 e. The van der Waals surface area contributed by atoms with Gasteiger partial charge < -0.3 is 15.5 Å². The summed E-state index contributed by atoms with van der Waals surface area (Å²) < 4.78 is 0. The van der Waals surface area contributed by atoms with E-state index in [0.29, 0.717) is 45.0 Å². The van der Waals surface area contributed by atoms with Crippen molar-refractivity contribution in [2.24, 2.45) is 0 Å². The van der Waals surface area contributed by atoms with Gasteiger partial charge in [-0.25, -0.2) is 4.98 Å². The molecule has 0 aromatic carbocycles. The first-order valence-electron chi connectivity index (χ1n) is 9.40. The molecule has 0 unspecified atom stereocenters. The van der Waals surface area contributed by atoms with E-state index in [1.165, 1.54) is 11.3 Å². The van der Waals surface area contributed by atoms with Crippen LogP contribution in [-0.2, 0) is 11.3 Å². The maximum atomic E-state index is 12.6. The molecule has 0 aliphatic carbocycles. The number of carbonyl (C=O) groups excluding carboxylic acids is 2. The zero-order valence-electron chi connectivity index (χ0n) is 16.2. The van der Waals surface area contributed by atoms with E-state index >= 15 is 0 Å². The van der Waals surface area contributed by atoms with Gasteiger partial charge in [-0.05, 0) is 25.5 Å². The Balaban J connectivity index is 1.41. The number of amides is 2. The number of aromatic nitrogens is 2. The second-order valence-corrected chi connectivity index (χ2v) is 7.90. The lowest BCUT2D eigenvalue weighted by atomic mass is 10.2. The quantitative estimate of drug-likeness (QED) is 0.728. The third-order valence-electron chi connectivity index (χ3n) is 4.37. The first kappa shape index (κ1) is 20.2. The van der Waals surface area contributed by atoms with Crippen molar-refractivity contribution < 1.29 is 9.59 Å². The summed E-state index contributed by atoms with van der Waals surface area (Å²) in [5.41, 5.74) is 1.46. The lowest BCUT2D eigenvalue weighted by Crippen LogP contribution is -2.51. The number of nitrogens with one attached hydrogen (secondary N) is 2. The SMILES string of the molecule is CC(C)Nc1nc(C(=O)N2CCN(CC(=O)NCc3cccnc3)CC2)cs1.